The molecule has 0 aliphatic heterocycles. The van der Waals surface area contributed by atoms with Crippen molar-refractivity contribution in [2.75, 3.05) is 6.61 Å². The van der Waals surface area contributed by atoms with Gasteiger partial charge in [-0.2, -0.15) is 0 Å². The third-order valence-corrected chi connectivity index (χ3v) is 3.65. The Kier molecular flexibility index (Phi) is 4.82. The van der Waals surface area contributed by atoms with Crippen molar-refractivity contribution in [3.8, 4) is 5.75 Å². The summed E-state index contributed by atoms with van der Waals surface area (Å²) in [4.78, 5) is 12.8. The minimum atomic E-state index is -0.136. The molecule has 3 nitrogen and oxygen atoms in total. The second-order valence-electron chi connectivity index (χ2n) is 4.05. The molecule has 1 aromatic heterocycles. The molecule has 1 heterocycles. The lowest BCUT2D eigenvalue weighted by Crippen LogP contribution is -2.28. The van der Waals surface area contributed by atoms with Gasteiger partial charge in [0.2, 0.25) is 0 Å². The number of nitrogens with one attached hydrogen (secondary N) is 1. The van der Waals surface area contributed by atoms with Crippen molar-refractivity contribution in [1.29, 1.82) is 0 Å². The smallest absolute Gasteiger partial charge is 0.258 e. The van der Waals surface area contributed by atoms with Crippen LogP contribution in [0.15, 0.2) is 35.7 Å². The summed E-state index contributed by atoms with van der Waals surface area (Å²) in [7, 11) is 0. The van der Waals surface area contributed by atoms with Crippen molar-refractivity contribution >= 4 is 28.8 Å². The van der Waals surface area contributed by atoms with Crippen molar-refractivity contribution in [1.82, 2.24) is 5.32 Å². The molecule has 0 bridgehead atoms. The van der Waals surface area contributed by atoms with Gasteiger partial charge in [0.1, 0.15) is 5.75 Å². The van der Waals surface area contributed by atoms with E-state index in [1.54, 1.807) is 29.5 Å². The SMILES string of the molecule is Cc1cc(Cl)ccc1OCC(=O)NCc1cccs1. The lowest BCUT2D eigenvalue weighted by atomic mass is 10.2. The molecule has 19 heavy (non-hydrogen) atoms. The summed E-state index contributed by atoms with van der Waals surface area (Å²) in [6, 6.07) is 9.26. The first-order valence-corrected chi connectivity index (χ1v) is 7.09. The van der Waals surface area contributed by atoms with Gasteiger partial charge < -0.3 is 10.1 Å². The first kappa shape index (κ1) is 13.9. The van der Waals surface area contributed by atoms with Crippen molar-refractivity contribution in [3.63, 3.8) is 0 Å². The van der Waals surface area contributed by atoms with Gasteiger partial charge in [-0.3, -0.25) is 4.79 Å². The predicted molar refractivity (Wildman–Crippen MR) is 77.8 cm³/mol. The standard InChI is InChI=1S/C14H14ClNO2S/c1-10-7-11(15)4-5-13(10)18-9-14(17)16-8-12-3-2-6-19-12/h2-7H,8-9H2,1H3,(H,16,17). The van der Waals surface area contributed by atoms with Gasteiger partial charge in [-0.25, -0.2) is 0 Å². The number of hydrogen-bond donors (Lipinski definition) is 1. The third kappa shape index (κ3) is 4.26. The molecule has 1 N–H and O–H groups in total. The molecule has 0 unspecified atom stereocenters. The number of carbonyl (C=O) groups is 1. The number of thiophene rings is 1. The van der Waals surface area contributed by atoms with Crippen LogP contribution in [0, 0.1) is 6.92 Å². The molecule has 5 heteroatoms. The quantitative estimate of drug-likeness (QED) is 0.918. The molecule has 0 aliphatic carbocycles. The van der Waals surface area contributed by atoms with Gasteiger partial charge in [0.15, 0.2) is 6.61 Å². The second-order valence-corrected chi connectivity index (χ2v) is 5.52. The average Bonchev–Trinajstić information content (AvgIpc) is 2.88. The fourth-order valence-corrected chi connectivity index (χ4v) is 2.44. The zero-order valence-corrected chi connectivity index (χ0v) is 12.1. The van der Waals surface area contributed by atoms with E-state index < -0.39 is 0 Å². The number of ether oxygens (including phenoxy) is 1. The first-order valence-electron chi connectivity index (χ1n) is 5.83. The van der Waals surface area contributed by atoms with E-state index in [4.69, 9.17) is 16.3 Å². The first-order chi connectivity index (χ1) is 9.15. The maximum Gasteiger partial charge on any atom is 0.258 e. The van der Waals surface area contributed by atoms with Crippen molar-refractivity contribution in [2.45, 2.75) is 13.5 Å². The predicted octanol–water partition coefficient (Wildman–Crippen LogP) is 3.41. The summed E-state index contributed by atoms with van der Waals surface area (Å²) < 4.78 is 5.46. The molecule has 0 aliphatic rings. The molecule has 2 aromatic rings. The highest BCUT2D eigenvalue weighted by atomic mass is 35.5. The Morgan fingerprint density at radius 1 is 1.42 bits per heavy atom. The lowest BCUT2D eigenvalue weighted by Gasteiger charge is -2.09. The number of halogens is 1. The second kappa shape index (κ2) is 6.59. The molecule has 0 saturated heterocycles. The molecular weight excluding hydrogens is 282 g/mol. The average molecular weight is 296 g/mol. The Hall–Kier alpha value is -1.52. The van der Waals surface area contributed by atoms with Crippen molar-refractivity contribution in [3.05, 3.63) is 51.2 Å². The van der Waals surface area contributed by atoms with Crippen LogP contribution in [-0.4, -0.2) is 12.5 Å². The molecule has 0 radical (unpaired) electrons. The summed E-state index contributed by atoms with van der Waals surface area (Å²) in [5.74, 6) is 0.540. The Bertz CT molecular complexity index is 555. The van der Waals surface area contributed by atoms with E-state index in [-0.39, 0.29) is 12.5 Å². The molecular formula is C14H14ClNO2S. The van der Waals surface area contributed by atoms with E-state index in [2.05, 4.69) is 5.32 Å². The molecule has 0 fully saturated rings. The summed E-state index contributed by atoms with van der Waals surface area (Å²) in [6.45, 7) is 2.44. The Balaban J connectivity index is 1.80. The molecule has 0 saturated carbocycles. The Morgan fingerprint density at radius 2 is 2.26 bits per heavy atom. The summed E-state index contributed by atoms with van der Waals surface area (Å²) in [6.07, 6.45) is 0. The van der Waals surface area contributed by atoms with Gasteiger partial charge in [0.05, 0.1) is 6.54 Å². The van der Waals surface area contributed by atoms with E-state index in [1.807, 2.05) is 24.4 Å². The van der Waals surface area contributed by atoms with Gasteiger partial charge in [0, 0.05) is 9.90 Å². The molecule has 0 atom stereocenters. The number of benzene rings is 1. The number of rotatable bonds is 5. The fourth-order valence-electron chi connectivity index (χ4n) is 1.57. The van der Waals surface area contributed by atoms with Crippen molar-refractivity contribution in [2.24, 2.45) is 0 Å². The number of amides is 1. The van der Waals surface area contributed by atoms with Crippen LogP contribution in [0.3, 0.4) is 0 Å². The topological polar surface area (TPSA) is 38.3 Å². The zero-order chi connectivity index (χ0) is 13.7. The summed E-state index contributed by atoms with van der Waals surface area (Å²) in [5, 5.41) is 5.45. The normalized spacial score (nSPS) is 10.2. The van der Waals surface area contributed by atoms with Gasteiger partial charge in [-0.05, 0) is 42.1 Å². The largest absolute Gasteiger partial charge is 0.484 e. The van der Waals surface area contributed by atoms with Gasteiger partial charge in [0.25, 0.3) is 5.91 Å². The number of aryl methyl sites for hydroxylation is 1. The molecule has 100 valence electrons. The van der Waals surface area contributed by atoms with Crippen LogP contribution in [0.5, 0.6) is 5.75 Å². The minimum absolute atomic E-state index is 0.00779. The Morgan fingerprint density at radius 3 is 2.95 bits per heavy atom. The van der Waals surface area contributed by atoms with Crippen LogP contribution in [-0.2, 0) is 11.3 Å². The van der Waals surface area contributed by atoms with E-state index in [0.29, 0.717) is 17.3 Å². The van der Waals surface area contributed by atoms with E-state index in [0.717, 1.165) is 10.4 Å². The van der Waals surface area contributed by atoms with Crippen LogP contribution in [0.25, 0.3) is 0 Å². The molecule has 1 amide bonds. The van der Waals surface area contributed by atoms with E-state index in [1.165, 1.54) is 0 Å². The molecule has 1 aromatic carbocycles. The van der Waals surface area contributed by atoms with Crippen LogP contribution in [0.1, 0.15) is 10.4 Å². The summed E-state index contributed by atoms with van der Waals surface area (Å²) in [5.41, 5.74) is 0.915. The number of hydrogen-bond acceptors (Lipinski definition) is 3. The maximum atomic E-state index is 11.6. The van der Waals surface area contributed by atoms with E-state index in [9.17, 15) is 4.79 Å². The maximum absolute atomic E-state index is 11.6. The molecule has 2 rings (SSSR count). The Labute approximate surface area is 121 Å². The monoisotopic (exact) mass is 295 g/mol. The summed E-state index contributed by atoms with van der Waals surface area (Å²) >= 11 is 7.47. The lowest BCUT2D eigenvalue weighted by molar-refractivity contribution is -0.123. The van der Waals surface area contributed by atoms with Gasteiger partial charge in [-0.1, -0.05) is 17.7 Å². The van der Waals surface area contributed by atoms with Crippen molar-refractivity contribution < 1.29 is 9.53 Å². The highest BCUT2D eigenvalue weighted by Crippen LogP contribution is 2.21. The van der Waals surface area contributed by atoms with Crippen LogP contribution < -0.4 is 10.1 Å². The van der Waals surface area contributed by atoms with E-state index >= 15 is 0 Å². The van der Waals surface area contributed by atoms with Crippen LogP contribution >= 0.6 is 22.9 Å². The highest BCUT2D eigenvalue weighted by Gasteiger charge is 2.05. The number of carbonyl (C=O) groups excluding carboxylic acids is 1. The third-order valence-electron chi connectivity index (χ3n) is 2.54. The van der Waals surface area contributed by atoms with Crippen LogP contribution in [0.4, 0.5) is 0 Å². The van der Waals surface area contributed by atoms with Crippen LogP contribution in [0.2, 0.25) is 5.02 Å². The molecule has 0 spiro atoms. The fraction of sp³-hybridized carbons (Fsp3) is 0.214. The highest BCUT2D eigenvalue weighted by molar-refractivity contribution is 7.09. The zero-order valence-electron chi connectivity index (χ0n) is 10.5. The van der Waals surface area contributed by atoms with Gasteiger partial charge >= 0.3 is 0 Å². The minimum Gasteiger partial charge on any atom is -0.484 e. The van der Waals surface area contributed by atoms with Gasteiger partial charge in [-0.15, -0.1) is 11.3 Å².